The van der Waals surface area contributed by atoms with Crippen LogP contribution in [0.15, 0.2) is 48.5 Å². The summed E-state index contributed by atoms with van der Waals surface area (Å²) in [6.07, 6.45) is 1.24. The Morgan fingerprint density at radius 2 is 1.86 bits per heavy atom. The molecule has 0 bridgehead atoms. The summed E-state index contributed by atoms with van der Waals surface area (Å²) >= 11 is 0. The van der Waals surface area contributed by atoms with Gasteiger partial charge >= 0.3 is 6.03 Å². The number of nitrogens with zero attached hydrogens (tertiary/aromatic N) is 3. The van der Waals surface area contributed by atoms with Gasteiger partial charge in [0, 0.05) is 38.6 Å². The van der Waals surface area contributed by atoms with Crippen LogP contribution in [0.3, 0.4) is 0 Å². The molecule has 0 radical (unpaired) electrons. The smallest absolute Gasteiger partial charge is 0.327 e. The van der Waals surface area contributed by atoms with E-state index in [0.717, 1.165) is 37.3 Å². The maximum atomic E-state index is 13.7. The third-order valence-corrected chi connectivity index (χ3v) is 7.91. The number of hydrazine groups is 1. The Kier molecular flexibility index (Phi) is 6.96. The molecule has 0 aliphatic carbocycles. The summed E-state index contributed by atoms with van der Waals surface area (Å²) in [5.74, 6) is 0.693. The number of hydrogen-bond acceptors (Lipinski definition) is 6. The van der Waals surface area contributed by atoms with Gasteiger partial charge in [-0.2, -0.15) is 0 Å². The molecule has 3 fully saturated rings. The van der Waals surface area contributed by atoms with Crippen LogP contribution in [0.5, 0.6) is 5.75 Å². The lowest BCUT2D eigenvalue weighted by atomic mass is 9.85. The predicted molar refractivity (Wildman–Crippen MR) is 133 cm³/mol. The molecule has 2 aromatic rings. The van der Waals surface area contributed by atoms with Crippen LogP contribution >= 0.6 is 0 Å². The second-order valence-corrected chi connectivity index (χ2v) is 9.92. The van der Waals surface area contributed by atoms with Gasteiger partial charge in [0.25, 0.3) is 5.91 Å². The van der Waals surface area contributed by atoms with E-state index in [9.17, 15) is 14.0 Å². The zero-order valence-corrected chi connectivity index (χ0v) is 20.9. The minimum Gasteiger partial charge on any atom is -0.497 e. The summed E-state index contributed by atoms with van der Waals surface area (Å²) in [4.78, 5) is 32.6. The second-order valence-electron chi connectivity index (χ2n) is 9.92. The Hall–Kier alpha value is -3.01. The monoisotopic (exact) mass is 495 g/mol. The van der Waals surface area contributed by atoms with E-state index in [1.807, 2.05) is 43.3 Å². The van der Waals surface area contributed by atoms with Crippen molar-refractivity contribution in [2.75, 3.05) is 39.8 Å². The van der Waals surface area contributed by atoms with Gasteiger partial charge in [0.05, 0.1) is 19.7 Å². The van der Waals surface area contributed by atoms with Crippen molar-refractivity contribution in [2.24, 2.45) is 5.92 Å². The summed E-state index contributed by atoms with van der Waals surface area (Å²) in [5.41, 5.74) is 7.73. The highest BCUT2D eigenvalue weighted by molar-refractivity contribution is 6.07. The summed E-state index contributed by atoms with van der Waals surface area (Å²) < 4.78 is 18.7. The van der Waals surface area contributed by atoms with Crippen LogP contribution in [0, 0.1) is 11.7 Å². The number of halogens is 1. The molecule has 3 aliphatic rings. The second kappa shape index (κ2) is 10.2. The molecule has 2 unspecified atom stereocenters. The number of urea groups is 1. The Morgan fingerprint density at radius 3 is 2.56 bits per heavy atom. The minimum atomic E-state index is -0.774. The number of hydrogen-bond donors (Lipinski definition) is 2. The maximum Gasteiger partial charge on any atom is 0.327 e. The van der Waals surface area contributed by atoms with E-state index in [2.05, 4.69) is 15.8 Å². The number of nitrogens with one attached hydrogen (secondary N) is 2. The number of piperidine rings is 1. The Labute approximate surface area is 211 Å². The van der Waals surface area contributed by atoms with Gasteiger partial charge in [0.1, 0.15) is 17.1 Å². The number of carbonyl (C=O) groups excluding carboxylic acids is 2. The van der Waals surface area contributed by atoms with Crippen molar-refractivity contribution in [3.05, 3.63) is 65.5 Å². The number of amides is 3. The first-order valence-electron chi connectivity index (χ1n) is 12.7. The number of likely N-dealkylation sites (N-methyl/N-ethyl adjacent to an activating group) is 1. The van der Waals surface area contributed by atoms with Crippen molar-refractivity contribution >= 4 is 11.9 Å². The summed E-state index contributed by atoms with van der Waals surface area (Å²) in [7, 11) is 1.60. The third kappa shape index (κ3) is 4.47. The molecule has 192 valence electrons. The fraction of sp³-hybridized carbons (Fsp3) is 0.481. The maximum absolute atomic E-state index is 13.7. The predicted octanol–water partition coefficient (Wildman–Crippen LogP) is 2.92. The number of methoxy groups -OCH3 is 1. The first-order valence-corrected chi connectivity index (χ1v) is 12.7. The van der Waals surface area contributed by atoms with Crippen LogP contribution in [0.2, 0.25) is 0 Å². The molecule has 8 nitrogen and oxygen atoms in total. The quantitative estimate of drug-likeness (QED) is 0.576. The van der Waals surface area contributed by atoms with Crippen LogP contribution in [-0.2, 0) is 11.3 Å². The van der Waals surface area contributed by atoms with Gasteiger partial charge < -0.3 is 14.5 Å². The van der Waals surface area contributed by atoms with E-state index in [1.165, 1.54) is 17.0 Å². The topological polar surface area (TPSA) is 77.2 Å². The molecule has 2 N–H and O–H groups in total. The molecule has 36 heavy (non-hydrogen) atoms. The average Bonchev–Trinajstić information content (AvgIpc) is 3.43. The molecule has 0 aromatic heterocycles. The zero-order chi connectivity index (χ0) is 25.3. The van der Waals surface area contributed by atoms with E-state index in [0.29, 0.717) is 31.1 Å². The molecular formula is C27H34FN5O3. The molecular weight excluding hydrogens is 461 g/mol. The molecule has 5 rings (SSSR count). The van der Waals surface area contributed by atoms with E-state index in [4.69, 9.17) is 4.74 Å². The van der Waals surface area contributed by atoms with E-state index in [1.54, 1.807) is 12.0 Å². The van der Waals surface area contributed by atoms with Crippen molar-refractivity contribution in [1.82, 2.24) is 25.6 Å². The van der Waals surface area contributed by atoms with E-state index >= 15 is 0 Å². The molecule has 3 saturated heterocycles. The van der Waals surface area contributed by atoms with Crippen LogP contribution in [-0.4, -0.2) is 72.0 Å². The molecule has 2 aromatic carbocycles. The molecule has 2 atom stereocenters. The first kappa shape index (κ1) is 24.7. The van der Waals surface area contributed by atoms with Gasteiger partial charge in [0.2, 0.25) is 0 Å². The van der Waals surface area contributed by atoms with Gasteiger partial charge in [-0.1, -0.05) is 24.3 Å². The Bertz CT molecular complexity index is 1100. The minimum absolute atomic E-state index is 0.0924. The van der Waals surface area contributed by atoms with Crippen LogP contribution in [0.25, 0.3) is 0 Å². The summed E-state index contributed by atoms with van der Waals surface area (Å²) in [6, 6.07) is 14.0. The number of imide groups is 1. The lowest BCUT2D eigenvalue weighted by molar-refractivity contribution is -0.136. The zero-order valence-electron chi connectivity index (χ0n) is 20.9. The average molecular weight is 496 g/mol. The van der Waals surface area contributed by atoms with Gasteiger partial charge in [-0.3, -0.25) is 15.1 Å². The summed E-state index contributed by atoms with van der Waals surface area (Å²) in [6.45, 7) is 5.86. The number of carbonyl (C=O) groups is 2. The van der Waals surface area contributed by atoms with E-state index < -0.39 is 5.54 Å². The van der Waals surface area contributed by atoms with Crippen molar-refractivity contribution in [3.63, 3.8) is 0 Å². The first-order chi connectivity index (χ1) is 17.4. The molecule has 3 heterocycles. The molecule has 9 heteroatoms. The van der Waals surface area contributed by atoms with Gasteiger partial charge in [-0.25, -0.2) is 14.6 Å². The highest BCUT2D eigenvalue weighted by Gasteiger charge is 2.57. The Balaban J connectivity index is 1.25. The van der Waals surface area contributed by atoms with Gasteiger partial charge in [-0.05, 0) is 55.2 Å². The van der Waals surface area contributed by atoms with Crippen molar-refractivity contribution in [2.45, 2.75) is 37.9 Å². The molecule has 3 aliphatic heterocycles. The van der Waals surface area contributed by atoms with Gasteiger partial charge in [-0.15, -0.1) is 0 Å². The summed E-state index contributed by atoms with van der Waals surface area (Å²) in [5, 5.41) is 0. The standard InChI is InChI=1S/C27H34FN5O3/c1-3-33-26(35)32(17-19-5-4-6-23(15-19)36-2)25(34)27(33)11-13-31(14-12-27)18-21-16-29-30-24(21)20-7-9-22(28)10-8-20/h4-10,15,21,24,29-30H,3,11-14,16-18H2,1-2H3. The fourth-order valence-electron chi connectivity index (χ4n) is 5.97. The normalized spacial score (nSPS) is 24.2. The van der Waals surface area contributed by atoms with Crippen molar-refractivity contribution in [1.29, 1.82) is 0 Å². The molecule has 0 saturated carbocycles. The Morgan fingerprint density at radius 1 is 1.11 bits per heavy atom. The largest absolute Gasteiger partial charge is 0.497 e. The van der Waals surface area contributed by atoms with Crippen LogP contribution in [0.1, 0.15) is 36.9 Å². The fourth-order valence-corrected chi connectivity index (χ4v) is 5.97. The molecule has 1 spiro atoms. The number of likely N-dealkylation sites (tertiary alicyclic amines) is 1. The third-order valence-electron chi connectivity index (χ3n) is 7.91. The van der Waals surface area contributed by atoms with Crippen molar-refractivity contribution < 1.29 is 18.7 Å². The van der Waals surface area contributed by atoms with Crippen LogP contribution < -0.4 is 15.6 Å². The lowest BCUT2D eigenvalue weighted by Crippen LogP contribution is -2.57. The number of benzene rings is 2. The number of ether oxygens (including phenoxy) is 1. The van der Waals surface area contributed by atoms with Crippen molar-refractivity contribution in [3.8, 4) is 5.75 Å². The lowest BCUT2D eigenvalue weighted by Gasteiger charge is -2.42. The SMILES string of the molecule is CCN1C(=O)N(Cc2cccc(OC)c2)C(=O)C12CCN(CC1CNNC1c1ccc(F)cc1)CC2. The highest BCUT2D eigenvalue weighted by atomic mass is 19.1. The molecule has 3 amide bonds. The van der Waals surface area contributed by atoms with Crippen LogP contribution in [0.4, 0.5) is 9.18 Å². The van der Waals surface area contributed by atoms with E-state index in [-0.39, 0.29) is 30.3 Å². The highest BCUT2D eigenvalue weighted by Crippen LogP contribution is 2.38. The van der Waals surface area contributed by atoms with Gasteiger partial charge in [0.15, 0.2) is 0 Å². The number of rotatable bonds is 7.